The fraction of sp³-hybridized carbons (Fsp3) is 0.571. The second-order valence-corrected chi connectivity index (χ2v) is 6.39. The van der Waals surface area contributed by atoms with E-state index in [2.05, 4.69) is 40.0 Å². The third kappa shape index (κ3) is 2.12. The first-order valence-electron chi connectivity index (χ1n) is 6.44. The van der Waals surface area contributed by atoms with Gasteiger partial charge in [-0.1, -0.05) is 0 Å². The molecule has 1 aromatic rings. The average molecular weight is 293 g/mol. The predicted octanol–water partition coefficient (Wildman–Crippen LogP) is 2.78. The van der Waals surface area contributed by atoms with Crippen LogP contribution in [0.4, 0.5) is 10.1 Å². The van der Waals surface area contributed by atoms with E-state index < -0.39 is 6.17 Å². The minimum absolute atomic E-state index is 0.583. The summed E-state index contributed by atoms with van der Waals surface area (Å²) >= 11 is 2.77. The van der Waals surface area contributed by atoms with Crippen LogP contribution in [0, 0.1) is 0 Å². The molecule has 0 aromatic heterocycles. The SMILES string of the molecule is FC1CCCN(c2cccc3c2CCC3[As])C1. The molecule has 1 saturated heterocycles. The molecule has 17 heavy (non-hydrogen) atoms. The van der Waals surface area contributed by atoms with E-state index in [1.165, 1.54) is 23.2 Å². The van der Waals surface area contributed by atoms with Gasteiger partial charge in [-0.25, -0.2) is 0 Å². The van der Waals surface area contributed by atoms with E-state index in [0.29, 0.717) is 11.3 Å². The van der Waals surface area contributed by atoms with Gasteiger partial charge in [-0.15, -0.1) is 0 Å². The van der Waals surface area contributed by atoms with Gasteiger partial charge in [0.1, 0.15) is 0 Å². The Balaban J connectivity index is 1.93. The zero-order valence-electron chi connectivity index (χ0n) is 9.90. The topological polar surface area (TPSA) is 3.24 Å². The van der Waals surface area contributed by atoms with Gasteiger partial charge in [0.2, 0.25) is 0 Å². The van der Waals surface area contributed by atoms with E-state index in [-0.39, 0.29) is 0 Å². The summed E-state index contributed by atoms with van der Waals surface area (Å²) in [5.41, 5.74) is 4.22. The van der Waals surface area contributed by atoms with Crippen LogP contribution < -0.4 is 4.90 Å². The van der Waals surface area contributed by atoms with Crippen molar-refractivity contribution in [3.8, 4) is 0 Å². The molecule has 1 nitrogen and oxygen atoms in total. The van der Waals surface area contributed by atoms with Crippen LogP contribution in [0.25, 0.3) is 0 Å². The number of rotatable bonds is 1. The number of nitrogens with zero attached hydrogens (tertiary/aromatic N) is 1. The average Bonchev–Trinajstić information content (AvgIpc) is 2.71. The quantitative estimate of drug-likeness (QED) is 0.720. The van der Waals surface area contributed by atoms with E-state index in [1.54, 1.807) is 0 Å². The van der Waals surface area contributed by atoms with Crippen molar-refractivity contribution < 1.29 is 4.39 Å². The molecule has 2 atom stereocenters. The molecule has 90 valence electrons. The molecular weight excluding hydrogens is 276 g/mol. The summed E-state index contributed by atoms with van der Waals surface area (Å²) in [6.07, 6.45) is 3.45. The van der Waals surface area contributed by atoms with Crippen LogP contribution in [-0.4, -0.2) is 36.1 Å². The number of halogens is 1. The van der Waals surface area contributed by atoms with Gasteiger partial charge in [0, 0.05) is 0 Å². The zero-order valence-corrected chi connectivity index (χ0v) is 11.8. The summed E-state index contributed by atoms with van der Waals surface area (Å²) in [6.45, 7) is 1.60. The van der Waals surface area contributed by atoms with Gasteiger partial charge < -0.3 is 0 Å². The van der Waals surface area contributed by atoms with Gasteiger partial charge in [-0.3, -0.25) is 0 Å². The van der Waals surface area contributed by atoms with Crippen molar-refractivity contribution in [2.45, 2.75) is 36.6 Å². The number of piperidine rings is 1. The summed E-state index contributed by atoms with van der Waals surface area (Å²) in [4.78, 5) is 2.25. The first-order chi connectivity index (χ1) is 8.25. The summed E-state index contributed by atoms with van der Waals surface area (Å²) in [5.74, 6) is 0. The van der Waals surface area contributed by atoms with Crippen molar-refractivity contribution in [3.05, 3.63) is 29.3 Å². The van der Waals surface area contributed by atoms with E-state index in [9.17, 15) is 4.39 Å². The van der Waals surface area contributed by atoms with Gasteiger partial charge in [0.25, 0.3) is 0 Å². The standard InChI is InChI=1S/C14H17AsFN/c15-13-7-6-12-11(13)4-1-5-14(12)17-8-2-3-10(16)9-17/h1,4-5,10,13H,2-3,6-9H2. The summed E-state index contributed by atoms with van der Waals surface area (Å²) < 4.78 is 14.1. The van der Waals surface area contributed by atoms with Crippen LogP contribution >= 0.6 is 0 Å². The van der Waals surface area contributed by atoms with Gasteiger partial charge in [-0.05, 0) is 0 Å². The third-order valence-electron chi connectivity index (χ3n) is 3.92. The van der Waals surface area contributed by atoms with Crippen LogP contribution in [0.5, 0.6) is 0 Å². The van der Waals surface area contributed by atoms with E-state index in [0.717, 1.165) is 25.8 Å². The van der Waals surface area contributed by atoms with Gasteiger partial charge in [-0.2, -0.15) is 0 Å². The molecule has 0 N–H and O–H groups in total. The van der Waals surface area contributed by atoms with E-state index in [4.69, 9.17) is 0 Å². The molecule has 1 fully saturated rings. The van der Waals surface area contributed by atoms with Crippen molar-refractivity contribution in [3.63, 3.8) is 0 Å². The van der Waals surface area contributed by atoms with Gasteiger partial charge in [0.15, 0.2) is 0 Å². The molecule has 2 aliphatic rings. The zero-order chi connectivity index (χ0) is 11.8. The number of hydrogen-bond acceptors (Lipinski definition) is 1. The molecule has 1 aromatic carbocycles. The molecular formula is C14H17AsFN. The Hall–Kier alpha value is -0.492. The summed E-state index contributed by atoms with van der Waals surface area (Å²) in [5, 5.41) is 0. The Morgan fingerprint density at radius 2 is 2.18 bits per heavy atom. The number of fused-ring (bicyclic) bond motifs is 1. The third-order valence-corrected chi connectivity index (χ3v) is 5.04. The first kappa shape index (κ1) is 11.6. The molecule has 3 rings (SSSR count). The minimum atomic E-state index is -0.644. The van der Waals surface area contributed by atoms with Crippen molar-refractivity contribution in [1.82, 2.24) is 0 Å². The molecule has 0 spiro atoms. The molecule has 0 bridgehead atoms. The molecule has 1 aliphatic carbocycles. The van der Waals surface area contributed by atoms with Crippen LogP contribution in [0.15, 0.2) is 18.2 Å². The Labute approximate surface area is 111 Å². The molecule has 1 aliphatic heterocycles. The van der Waals surface area contributed by atoms with Crippen LogP contribution in [0.3, 0.4) is 0 Å². The molecule has 0 amide bonds. The molecule has 1 heterocycles. The molecule has 3 heteroatoms. The van der Waals surface area contributed by atoms with Gasteiger partial charge in [0.05, 0.1) is 0 Å². The number of benzene rings is 1. The van der Waals surface area contributed by atoms with E-state index in [1.807, 2.05) is 0 Å². The van der Waals surface area contributed by atoms with Crippen molar-refractivity contribution in [1.29, 1.82) is 0 Å². The maximum atomic E-state index is 13.5. The summed E-state index contributed by atoms with van der Waals surface area (Å²) in [7, 11) is 0. The van der Waals surface area contributed by atoms with Crippen molar-refractivity contribution in [2.24, 2.45) is 0 Å². The molecule has 2 unspecified atom stereocenters. The second-order valence-electron chi connectivity index (χ2n) is 5.08. The second kappa shape index (κ2) is 4.65. The molecule has 2 radical (unpaired) electrons. The number of hydrogen-bond donors (Lipinski definition) is 0. The van der Waals surface area contributed by atoms with Crippen molar-refractivity contribution >= 4 is 22.5 Å². The van der Waals surface area contributed by atoms with Crippen molar-refractivity contribution in [2.75, 3.05) is 18.0 Å². The summed E-state index contributed by atoms with van der Waals surface area (Å²) in [6, 6.07) is 6.52. The van der Waals surface area contributed by atoms with E-state index >= 15 is 0 Å². The van der Waals surface area contributed by atoms with Gasteiger partial charge >= 0.3 is 111 Å². The maximum absolute atomic E-state index is 13.5. The van der Waals surface area contributed by atoms with Crippen LogP contribution in [0.2, 0.25) is 0 Å². The Morgan fingerprint density at radius 3 is 3.00 bits per heavy atom. The fourth-order valence-electron chi connectivity index (χ4n) is 3.05. The van der Waals surface area contributed by atoms with Crippen LogP contribution in [-0.2, 0) is 6.42 Å². The normalized spacial score (nSPS) is 28.2. The predicted molar refractivity (Wildman–Crippen MR) is 69.6 cm³/mol. The molecule has 0 saturated carbocycles. The Kier molecular flexibility index (Phi) is 3.17. The Morgan fingerprint density at radius 1 is 1.29 bits per heavy atom. The Bertz CT molecular complexity index is 421. The number of alkyl halides is 1. The van der Waals surface area contributed by atoms with Crippen LogP contribution in [0.1, 0.15) is 35.1 Å². The number of anilines is 1. The first-order valence-corrected chi connectivity index (χ1v) is 7.53. The fourth-order valence-corrected chi connectivity index (χ4v) is 3.83. The monoisotopic (exact) mass is 293 g/mol.